The fourth-order valence-electron chi connectivity index (χ4n) is 2.43. The van der Waals surface area contributed by atoms with Gasteiger partial charge in [0.05, 0.1) is 23.5 Å². The van der Waals surface area contributed by atoms with Crippen molar-refractivity contribution in [3.05, 3.63) is 35.5 Å². The van der Waals surface area contributed by atoms with E-state index in [-0.39, 0.29) is 11.9 Å². The summed E-state index contributed by atoms with van der Waals surface area (Å²) >= 11 is 5.75. The summed E-state index contributed by atoms with van der Waals surface area (Å²) in [6.07, 6.45) is 2.43. The van der Waals surface area contributed by atoms with Gasteiger partial charge in [0.15, 0.2) is 0 Å². The van der Waals surface area contributed by atoms with Crippen LogP contribution < -0.4 is 5.32 Å². The first-order chi connectivity index (χ1) is 10.0. The van der Waals surface area contributed by atoms with Gasteiger partial charge in [-0.1, -0.05) is 23.8 Å². The molecule has 0 bridgehead atoms. The highest BCUT2D eigenvalue weighted by Gasteiger charge is 2.40. The third-order valence-corrected chi connectivity index (χ3v) is 3.63. The van der Waals surface area contributed by atoms with E-state index in [2.05, 4.69) is 16.9 Å². The summed E-state index contributed by atoms with van der Waals surface area (Å²) in [7, 11) is 0. The molecule has 0 unspecified atom stereocenters. The summed E-state index contributed by atoms with van der Waals surface area (Å²) in [6.45, 7) is 5.92. The van der Waals surface area contributed by atoms with E-state index in [0.717, 1.165) is 5.57 Å². The molecule has 0 aromatic carbocycles. The Kier molecular flexibility index (Phi) is 4.96. The van der Waals surface area contributed by atoms with Crippen LogP contribution in [-0.4, -0.2) is 23.5 Å². The molecule has 1 saturated carbocycles. The minimum absolute atomic E-state index is 0.249. The second-order valence-corrected chi connectivity index (χ2v) is 5.41. The van der Waals surface area contributed by atoms with Crippen LogP contribution in [0.2, 0.25) is 5.02 Å². The van der Waals surface area contributed by atoms with E-state index in [9.17, 15) is 9.59 Å². The monoisotopic (exact) mass is 308 g/mol. The van der Waals surface area contributed by atoms with Crippen molar-refractivity contribution in [3.63, 3.8) is 0 Å². The predicted octanol–water partition coefficient (Wildman–Crippen LogP) is 2.82. The maximum atomic E-state index is 12.3. The molecule has 6 heteroatoms. The van der Waals surface area contributed by atoms with Crippen LogP contribution in [0.3, 0.4) is 0 Å². The SMILES string of the molecule is C=C1C[C@H](C(=O)Nc2ccc(Cl)cn2)[C@@H](C(=O)OCC)C1. The molecule has 1 aliphatic rings. The Hall–Kier alpha value is -1.88. The number of hydrogen-bond donors (Lipinski definition) is 1. The largest absolute Gasteiger partial charge is 0.466 e. The first-order valence-corrected chi connectivity index (χ1v) is 7.14. The number of carbonyl (C=O) groups excluding carboxylic acids is 2. The quantitative estimate of drug-likeness (QED) is 0.686. The molecule has 1 amide bonds. The van der Waals surface area contributed by atoms with E-state index in [1.165, 1.54) is 6.20 Å². The molecular formula is C15H17ClN2O3. The summed E-state index contributed by atoms with van der Waals surface area (Å²) in [5, 5.41) is 3.19. The normalized spacial score (nSPS) is 21.1. The van der Waals surface area contributed by atoms with E-state index in [0.29, 0.717) is 30.3 Å². The van der Waals surface area contributed by atoms with Crippen molar-refractivity contribution in [2.24, 2.45) is 11.8 Å². The number of carbonyl (C=O) groups is 2. The van der Waals surface area contributed by atoms with Crippen molar-refractivity contribution >= 4 is 29.3 Å². The Morgan fingerprint density at radius 3 is 2.76 bits per heavy atom. The van der Waals surface area contributed by atoms with Gasteiger partial charge in [-0.25, -0.2) is 4.98 Å². The summed E-state index contributed by atoms with van der Waals surface area (Å²) in [6, 6.07) is 3.25. The van der Waals surface area contributed by atoms with Crippen LogP contribution in [0.25, 0.3) is 0 Å². The lowest BCUT2D eigenvalue weighted by atomic mass is 9.95. The summed E-state index contributed by atoms with van der Waals surface area (Å²) < 4.78 is 5.03. The Labute approximate surface area is 128 Å². The van der Waals surface area contributed by atoms with E-state index in [1.807, 2.05) is 0 Å². The van der Waals surface area contributed by atoms with Gasteiger partial charge in [-0.05, 0) is 31.9 Å². The summed E-state index contributed by atoms with van der Waals surface area (Å²) in [4.78, 5) is 28.3. The smallest absolute Gasteiger partial charge is 0.310 e. The number of rotatable bonds is 4. The van der Waals surface area contributed by atoms with Crippen molar-refractivity contribution in [1.82, 2.24) is 4.98 Å². The standard InChI is InChI=1S/C15H17ClN2O3/c1-3-21-15(20)12-7-9(2)6-11(12)14(19)18-13-5-4-10(16)8-17-13/h4-5,8,11-12H,2-3,6-7H2,1H3,(H,17,18,19)/t11-,12-/m0/s1. The lowest BCUT2D eigenvalue weighted by Crippen LogP contribution is -2.31. The van der Waals surface area contributed by atoms with Crippen LogP contribution in [0.15, 0.2) is 30.5 Å². The van der Waals surface area contributed by atoms with Crippen LogP contribution in [0.4, 0.5) is 5.82 Å². The third-order valence-electron chi connectivity index (χ3n) is 3.41. The zero-order chi connectivity index (χ0) is 15.4. The summed E-state index contributed by atoms with van der Waals surface area (Å²) in [5.74, 6) is -1.12. The van der Waals surface area contributed by atoms with Crippen LogP contribution in [-0.2, 0) is 14.3 Å². The van der Waals surface area contributed by atoms with Gasteiger partial charge in [-0.2, -0.15) is 0 Å². The fourth-order valence-corrected chi connectivity index (χ4v) is 2.54. The van der Waals surface area contributed by atoms with Crippen LogP contribution in [0.5, 0.6) is 0 Å². The maximum Gasteiger partial charge on any atom is 0.310 e. The number of nitrogens with zero attached hydrogens (tertiary/aromatic N) is 1. The lowest BCUT2D eigenvalue weighted by molar-refractivity contribution is -0.150. The topological polar surface area (TPSA) is 68.3 Å². The van der Waals surface area contributed by atoms with E-state index >= 15 is 0 Å². The molecule has 1 aromatic heterocycles. The lowest BCUT2D eigenvalue weighted by Gasteiger charge is -2.17. The maximum absolute atomic E-state index is 12.3. The van der Waals surface area contributed by atoms with Crippen molar-refractivity contribution in [3.8, 4) is 0 Å². The molecule has 1 aromatic rings. The van der Waals surface area contributed by atoms with E-state index < -0.39 is 11.8 Å². The molecule has 1 fully saturated rings. The average Bonchev–Trinajstić information content (AvgIpc) is 2.84. The Bertz CT molecular complexity index is 557. The van der Waals surface area contributed by atoms with Gasteiger partial charge >= 0.3 is 5.97 Å². The average molecular weight is 309 g/mol. The molecule has 2 atom stereocenters. The zero-order valence-corrected chi connectivity index (χ0v) is 12.5. The van der Waals surface area contributed by atoms with Crippen molar-refractivity contribution in [2.75, 3.05) is 11.9 Å². The number of halogens is 1. The molecule has 21 heavy (non-hydrogen) atoms. The zero-order valence-electron chi connectivity index (χ0n) is 11.8. The molecule has 0 radical (unpaired) electrons. The predicted molar refractivity (Wildman–Crippen MR) is 79.9 cm³/mol. The highest BCUT2D eigenvalue weighted by Crippen LogP contribution is 2.36. The first-order valence-electron chi connectivity index (χ1n) is 6.77. The summed E-state index contributed by atoms with van der Waals surface area (Å²) in [5.41, 5.74) is 0.886. The third kappa shape index (κ3) is 3.82. The van der Waals surface area contributed by atoms with Gasteiger partial charge in [0, 0.05) is 6.20 Å². The van der Waals surface area contributed by atoms with E-state index in [1.54, 1.807) is 19.1 Å². The molecule has 2 rings (SSSR count). The van der Waals surface area contributed by atoms with Gasteiger partial charge in [0.1, 0.15) is 5.82 Å². The number of hydrogen-bond acceptors (Lipinski definition) is 4. The molecule has 0 saturated heterocycles. The number of esters is 1. The highest BCUT2D eigenvalue weighted by molar-refractivity contribution is 6.30. The van der Waals surface area contributed by atoms with Gasteiger partial charge in [0.2, 0.25) is 5.91 Å². The molecule has 112 valence electrons. The van der Waals surface area contributed by atoms with Crippen LogP contribution >= 0.6 is 11.6 Å². The van der Waals surface area contributed by atoms with Gasteiger partial charge in [-0.15, -0.1) is 0 Å². The van der Waals surface area contributed by atoms with Gasteiger partial charge in [-0.3, -0.25) is 9.59 Å². The number of nitrogens with one attached hydrogen (secondary N) is 1. The van der Waals surface area contributed by atoms with Crippen LogP contribution in [0, 0.1) is 11.8 Å². The van der Waals surface area contributed by atoms with E-state index in [4.69, 9.17) is 16.3 Å². The first kappa shape index (κ1) is 15.5. The second kappa shape index (κ2) is 6.72. The molecule has 1 heterocycles. The number of amides is 1. The minimum Gasteiger partial charge on any atom is -0.466 e. The Balaban J connectivity index is 2.07. The van der Waals surface area contributed by atoms with Crippen molar-refractivity contribution in [1.29, 1.82) is 0 Å². The molecule has 0 aliphatic heterocycles. The Morgan fingerprint density at radius 1 is 1.43 bits per heavy atom. The number of allylic oxidation sites excluding steroid dienone is 1. The number of ether oxygens (including phenoxy) is 1. The molecule has 0 spiro atoms. The molecule has 1 aliphatic carbocycles. The highest BCUT2D eigenvalue weighted by atomic mass is 35.5. The van der Waals surface area contributed by atoms with Gasteiger partial charge < -0.3 is 10.1 Å². The number of aromatic nitrogens is 1. The van der Waals surface area contributed by atoms with Crippen LogP contribution in [0.1, 0.15) is 19.8 Å². The second-order valence-electron chi connectivity index (χ2n) is 4.97. The number of anilines is 1. The number of pyridine rings is 1. The van der Waals surface area contributed by atoms with Crippen molar-refractivity contribution in [2.45, 2.75) is 19.8 Å². The minimum atomic E-state index is -0.468. The van der Waals surface area contributed by atoms with Crippen molar-refractivity contribution < 1.29 is 14.3 Å². The molecular weight excluding hydrogens is 292 g/mol. The molecule has 1 N–H and O–H groups in total. The molecule has 5 nitrogen and oxygen atoms in total. The fraction of sp³-hybridized carbons (Fsp3) is 0.400. The Morgan fingerprint density at radius 2 is 2.14 bits per heavy atom. The van der Waals surface area contributed by atoms with Gasteiger partial charge in [0.25, 0.3) is 0 Å².